The van der Waals surface area contributed by atoms with Crippen LogP contribution in [0.3, 0.4) is 0 Å². The Bertz CT molecular complexity index is 1040. The fourth-order valence-corrected chi connectivity index (χ4v) is 3.58. The van der Waals surface area contributed by atoms with Crippen molar-refractivity contribution in [2.45, 2.75) is 31.6 Å². The van der Waals surface area contributed by atoms with Gasteiger partial charge in [-0.3, -0.25) is 14.6 Å². The number of nitrogens with zero attached hydrogens (tertiary/aromatic N) is 5. The number of hydrogen-bond donors (Lipinski definition) is 1. The quantitative estimate of drug-likeness (QED) is 0.703. The van der Waals surface area contributed by atoms with Gasteiger partial charge in [0, 0.05) is 43.5 Å². The molecule has 0 aromatic carbocycles. The van der Waals surface area contributed by atoms with Crippen molar-refractivity contribution in [1.82, 2.24) is 30.3 Å². The topological polar surface area (TPSA) is 116 Å². The first kappa shape index (κ1) is 19.0. The number of pyridine rings is 1. The van der Waals surface area contributed by atoms with Crippen molar-refractivity contribution in [2.75, 3.05) is 6.54 Å². The van der Waals surface area contributed by atoms with Crippen molar-refractivity contribution in [3.63, 3.8) is 0 Å². The van der Waals surface area contributed by atoms with Crippen LogP contribution in [-0.2, 0) is 7.05 Å². The van der Waals surface area contributed by atoms with Gasteiger partial charge in [-0.2, -0.15) is 5.10 Å². The van der Waals surface area contributed by atoms with Crippen molar-refractivity contribution >= 4 is 5.91 Å². The lowest BCUT2D eigenvalue weighted by Gasteiger charge is -2.26. The van der Waals surface area contributed by atoms with Gasteiger partial charge in [-0.15, -0.1) is 10.2 Å². The van der Waals surface area contributed by atoms with Crippen LogP contribution in [0, 0.1) is 5.92 Å². The van der Waals surface area contributed by atoms with Crippen molar-refractivity contribution in [3.05, 3.63) is 58.6 Å². The minimum Gasteiger partial charge on any atom is -0.420 e. The second-order valence-corrected chi connectivity index (χ2v) is 7.29. The third-order valence-corrected chi connectivity index (χ3v) is 5.31. The van der Waals surface area contributed by atoms with Crippen molar-refractivity contribution in [3.8, 4) is 11.5 Å². The SMILES string of the molecule is Cn1nc(C(=O)NCC2CCC(c3nnc(-c4ccncc4)o3)CC2)ccc1=O. The van der Waals surface area contributed by atoms with Gasteiger partial charge in [-0.25, -0.2) is 4.68 Å². The van der Waals surface area contributed by atoms with Gasteiger partial charge in [0.25, 0.3) is 11.5 Å². The maximum absolute atomic E-state index is 12.2. The highest BCUT2D eigenvalue weighted by atomic mass is 16.4. The molecule has 4 rings (SSSR count). The molecule has 0 atom stereocenters. The minimum absolute atomic E-state index is 0.243. The van der Waals surface area contributed by atoms with E-state index in [0.29, 0.717) is 24.2 Å². The predicted octanol–water partition coefficient (Wildman–Crippen LogP) is 1.93. The average molecular weight is 394 g/mol. The monoisotopic (exact) mass is 394 g/mol. The van der Waals surface area contributed by atoms with E-state index in [1.165, 1.54) is 19.2 Å². The fraction of sp³-hybridized carbons (Fsp3) is 0.400. The first-order valence-corrected chi connectivity index (χ1v) is 9.66. The van der Waals surface area contributed by atoms with Crippen molar-refractivity contribution in [1.29, 1.82) is 0 Å². The summed E-state index contributed by atoms with van der Waals surface area (Å²) in [6.07, 6.45) is 7.22. The Balaban J connectivity index is 1.28. The third kappa shape index (κ3) is 4.39. The molecule has 0 spiro atoms. The molecular weight excluding hydrogens is 372 g/mol. The van der Waals surface area contributed by atoms with E-state index in [1.807, 2.05) is 12.1 Å². The Morgan fingerprint density at radius 2 is 1.90 bits per heavy atom. The van der Waals surface area contributed by atoms with E-state index in [-0.39, 0.29) is 23.1 Å². The molecule has 3 aromatic heterocycles. The highest BCUT2D eigenvalue weighted by Gasteiger charge is 2.27. The molecular formula is C20H22N6O3. The van der Waals surface area contributed by atoms with Gasteiger partial charge in [0.05, 0.1) is 0 Å². The third-order valence-electron chi connectivity index (χ3n) is 5.31. The molecule has 1 saturated carbocycles. The summed E-state index contributed by atoms with van der Waals surface area (Å²) in [6.45, 7) is 0.585. The number of amides is 1. The van der Waals surface area contributed by atoms with Gasteiger partial charge >= 0.3 is 0 Å². The summed E-state index contributed by atoms with van der Waals surface area (Å²) in [5, 5.41) is 15.3. The first-order chi connectivity index (χ1) is 14.1. The highest BCUT2D eigenvalue weighted by molar-refractivity contribution is 5.91. The van der Waals surface area contributed by atoms with Gasteiger partial charge in [0.2, 0.25) is 11.8 Å². The molecule has 0 aliphatic heterocycles. The predicted molar refractivity (Wildman–Crippen MR) is 104 cm³/mol. The van der Waals surface area contributed by atoms with E-state index in [0.717, 1.165) is 35.9 Å². The van der Waals surface area contributed by atoms with Crippen LogP contribution < -0.4 is 10.9 Å². The molecule has 0 unspecified atom stereocenters. The molecule has 0 bridgehead atoms. The zero-order chi connectivity index (χ0) is 20.2. The Kier molecular flexibility index (Phi) is 5.46. The number of aromatic nitrogens is 5. The van der Waals surface area contributed by atoms with Crippen LogP contribution in [0.2, 0.25) is 0 Å². The fourth-order valence-electron chi connectivity index (χ4n) is 3.58. The Hall–Kier alpha value is -3.36. The molecule has 1 amide bonds. The average Bonchev–Trinajstić information content (AvgIpc) is 3.25. The minimum atomic E-state index is -0.262. The standard InChI is InChI=1S/C20H22N6O3/c1-26-17(27)7-6-16(25-26)18(28)22-12-13-2-4-14(5-3-13)19-23-24-20(29-19)15-8-10-21-11-9-15/h6-11,13-14H,2-5,12H2,1H3,(H,22,28). The van der Waals surface area contributed by atoms with E-state index in [2.05, 4.69) is 25.6 Å². The van der Waals surface area contributed by atoms with E-state index >= 15 is 0 Å². The van der Waals surface area contributed by atoms with E-state index in [4.69, 9.17) is 4.42 Å². The van der Waals surface area contributed by atoms with Crippen LogP contribution >= 0.6 is 0 Å². The number of carbonyl (C=O) groups is 1. The Morgan fingerprint density at radius 3 is 2.62 bits per heavy atom. The maximum Gasteiger partial charge on any atom is 0.271 e. The molecule has 0 radical (unpaired) electrons. The second-order valence-electron chi connectivity index (χ2n) is 7.29. The van der Waals surface area contributed by atoms with E-state index in [9.17, 15) is 9.59 Å². The molecule has 9 nitrogen and oxygen atoms in total. The van der Waals surface area contributed by atoms with Crippen LogP contribution in [0.25, 0.3) is 11.5 Å². The first-order valence-electron chi connectivity index (χ1n) is 9.66. The summed E-state index contributed by atoms with van der Waals surface area (Å²) in [6, 6.07) is 6.48. The van der Waals surface area contributed by atoms with Gasteiger partial charge in [0.15, 0.2) is 0 Å². The zero-order valence-corrected chi connectivity index (χ0v) is 16.1. The summed E-state index contributed by atoms with van der Waals surface area (Å²) < 4.78 is 7.02. The molecule has 9 heteroatoms. The molecule has 1 N–H and O–H groups in total. The largest absolute Gasteiger partial charge is 0.420 e. The number of aryl methyl sites for hydroxylation is 1. The number of hydrogen-bond acceptors (Lipinski definition) is 7. The summed E-state index contributed by atoms with van der Waals surface area (Å²) in [5.41, 5.74) is 0.866. The summed E-state index contributed by atoms with van der Waals surface area (Å²) in [4.78, 5) is 27.6. The van der Waals surface area contributed by atoms with Gasteiger partial charge in [-0.1, -0.05) is 0 Å². The molecule has 1 aliphatic rings. The maximum atomic E-state index is 12.2. The molecule has 1 fully saturated rings. The lowest BCUT2D eigenvalue weighted by Crippen LogP contribution is -2.33. The molecule has 3 aromatic rings. The lowest BCUT2D eigenvalue weighted by atomic mass is 9.82. The molecule has 1 aliphatic carbocycles. The Morgan fingerprint density at radius 1 is 1.14 bits per heavy atom. The molecule has 150 valence electrons. The number of rotatable bonds is 5. The van der Waals surface area contributed by atoms with Gasteiger partial charge < -0.3 is 9.73 Å². The van der Waals surface area contributed by atoms with Crippen LogP contribution in [0.15, 0.2) is 45.9 Å². The number of carbonyl (C=O) groups excluding carboxylic acids is 1. The van der Waals surface area contributed by atoms with Crippen molar-refractivity contribution < 1.29 is 9.21 Å². The Labute approximate surface area is 167 Å². The highest BCUT2D eigenvalue weighted by Crippen LogP contribution is 2.35. The van der Waals surface area contributed by atoms with E-state index in [1.54, 1.807) is 12.4 Å². The van der Waals surface area contributed by atoms with Crippen LogP contribution in [0.5, 0.6) is 0 Å². The van der Waals surface area contributed by atoms with Gasteiger partial charge in [-0.05, 0) is 49.8 Å². The zero-order valence-electron chi connectivity index (χ0n) is 16.1. The van der Waals surface area contributed by atoms with Crippen molar-refractivity contribution in [2.24, 2.45) is 13.0 Å². The van der Waals surface area contributed by atoms with Gasteiger partial charge in [0.1, 0.15) is 5.69 Å². The smallest absolute Gasteiger partial charge is 0.271 e. The lowest BCUT2D eigenvalue weighted by molar-refractivity contribution is 0.0935. The summed E-state index contributed by atoms with van der Waals surface area (Å²) in [7, 11) is 1.53. The second kappa shape index (κ2) is 8.34. The normalized spacial score (nSPS) is 19.1. The van der Waals surface area contributed by atoms with Crippen LogP contribution in [0.1, 0.15) is 48.0 Å². The van der Waals surface area contributed by atoms with E-state index < -0.39 is 0 Å². The summed E-state index contributed by atoms with van der Waals surface area (Å²) >= 11 is 0. The molecule has 3 heterocycles. The van der Waals surface area contributed by atoms with Crippen LogP contribution in [0.4, 0.5) is 0 Å². The molecule has 0 saturated heterocycles. The van der Waals surface area contributed by atoms with Crippen LogP contribution in [-0.4, -0.2) is 37.4 Å². The summed E-state index contributed by atoms with van der Waals surface area (Å²) in [5.74, 6) is 1.57. The molecule has 29 heavy (non-hydrogen) atoms. The number of nitrogens with one attached hydrogen (secondary N) is 1.